The van der Waals surface area contributed by atoms with E-state index in [9.17, 15) is 9.59 Å². The fraction of sp³-hybridized carbons (Fsp3) is 0.429. The molecule has 1 fully saturated rings. The number of hydrogen-bond acceptors (Lipinski definition) is 3. The Hall–Kier alpha value is -1.60. The molecular formula is C14H17BrN2O4. The van der Waals surface area contributed by atoms with E-state index < -0.39 is 5.97 Å². The van der Waals surface area contributed by atoms with Gasteiger partial charge in [0.1, 0.15) is 0 Å². The summed E-state index contributed by atoms with van der Waals surface area (Å²) in [6, 6.07) is 4.59. The number of carbonyl (C=O) groups is 2. The van der Waals surface area contributed by atoms with Crippen LogP contribution in [0.1, 0.15) is 23.2 Å². The molecule has 0 unspecified atom stereocenters. The third-order valence-electron chi connectivity index (χ3n) is 3.51. The molecule has 0 aromatic heterocycles. The molecule has 1 aromatic carbocycles. The summed E-state index contributed by atoms with van der Waals surface area (Å²) in [6.07, 6.45) is 1.62. The summed E-state index contributed by atoms with van der Waals surface area (Å²) >= 11 is 3.17. The molecule has 1 aromatic rings. The number of urea groups is 1. The van der Waals surface area contributed by atoms with Crippen LogP contribution in [0.2, 0.25) is 0 Å². The van der Waals surface area contributed by atoms with Gasteiger partial charge in [-0.3, -0.25) is 0 Å². The van der Waals surface area contributed by atoms with Crippen LogP contribution in [0.5, 0.6) is 0 Å². The minimum atomic E-state index is -1.05. The first-order chi connectivity index (χ1) is 9.99. The maximum absolute atomic E-state index is 12.2. The molecule has 0 radical (unpaired) electrons. The molecule has 1 heterocycles. The van der Waals surface area contributed by atoms with Crippen molar-refractivity contribution < 1.29 is 19.4 Å². The van der Waals surface area contributed by atoms with Gasteiger partial charge in [0.15, 0.2) is 0 Å². The van der Waals surface area contributed by atoms with Crippen LogP contribution in [0, 0.1) is 0 Å². The van der Waals surface area contributed by atoms with Crippen LogP contribution in [-0.2, 0) is 4.74 Å². The van der Waals surface area contributed by atoms with Gasteiger partial charge in [-0.15, -0.1) is 0 Å². The van der Waals surface area contributed by atoms with Crippen molar-refractivity contribution in [3.05, 3.63) is 28.2 Å². The summed E-state index contributed by atoms with van der Waals surface area (Å²) in [6.45, 7) is 1.31. The van der Waals surface area contributed by atoms with Gasteiger partial charge in [0.2, 0.25) is 0 Å². The molecule has 21 heavy (non-hydrogen) atoms. The molecule has 2 amide bonds. The van der Waals surface area contributed by atoms with E-state index >= 15 is 0 Å². The zero-order valence-corrected chi connectivity index (χ0v) is 13.2. The van der Waals surface area contributed by atoms with Crippen molar-refractivity contribution in [2.45, 2.75) is 18.9 Å². The monoisotopic (exact) mass is 356 g/mol. The van der Waals surface area contributed by atoms with Gasteiger partial charge in [0.05, 0.1) is 5.56 Å². The first-order valence-corrected chi connectivity index (χ1v) is 7.42. The maximum atomic E-state index is 12.2. The minimum absolute atomic E-state index is 0.113. The second kappa shape index (κ2) is 6.91. The predicted octanol–water partition coefficient (Wildman–Crippen LogP) is 2.79. The second-order valence-corrected chi connectivity index (χ2v) is 5.74. The number of ether oxygens (including phenoxy) is 1. The maximum Gasteiger partial charge on any atom is 0.336 e. The normalized spacial score (nSPS) is 15.5. The Labute approximate surface area is 131 Å². The lowest BCUT2D eigenvalue weighted by atomic mass is 10.1. The van der Waals surface area contributed by atoms with E-state index in [-0.39, 0.29) is 17.6 Å². The molecule has 0 spiro atoms. The van der Waals surface area contributed by atoms with Crippen LogP contribution in [0.3, 0.4) is 0 Å². The lowest BCUT2D eigenvalue weighted by molar-refractivity contribution is 0.0544. The smallest absolute Gasteiger partial charge is 0.336 e. The molecule has 6 nitrogen and oxygen atoms in total. The number of nitrogens with one attached hydrogen (secondary N) is 1. The fourth-order valence-electron chi connectivity index (χ4n) is 2.22. The molecule has 1 saturated heterocycles. The van der Waals surface area contributed by atoms with Gasteiger partial charge < -0.3 is 20.1 Å². The van der Waals surface area contributed by atoms with Crippen molar-refractivity contribution in [2.24, 2.45) is 0 Å². The number of carboxylic acids is 1. The van der Waals surface area contributed by atoms with Crippen molar-refractivity contribution in [3.63, 3.8) is 0 Å². The standard InChI is InChI=1S/C14H17BrN2O4/c1-17(10-4-6-21-7-5-10)14(20)16-9-2-3-12(15)11(8-9)13(18)19/h2-3,8,10H,4-7H2,1H3,(H,16,20)(H,18,19). The van der Waals surface area contributed by atoms with Gasteiger partial charge in [-0.25, -0.2) is 9.59 Å². The van der Waals surface area contributed by atoms with Crippen LogP contribution >= 0.6 is 15.9 Å². The summed E-state index contributed by atoms with van der Waals surface area (Å²) < 4.78 is 5.75. The highest BCUT2D eigenvalue weighted by molar-refractivity contribution is 9.10. The number of aromatic carboxylic acids is 1. The van der Waals surface area contributed by atoms with Gasteiger partial charge >= 0.3 is 12.0 Å². The average Bonchev–Trinajstić information content (AvgIpc) is 2.49. The summed E-state index contributed by atoms with van der Waals surface area (Å²) in [4.78, 5) is 24.9. The summed E-state index contributed by atoms with van der Waals surface area (Å²) in [5, 5.41) is 11.8. The Kier molecular flexibility index (Phi) is 5.19. The molecule has 114 valence electrons. The summed E-state index contributed by atoms with van der Waals surface area (Å²) in [5.74, 6) is -1.05. The third kappa shape index (κ3) is 3.95. The second-order valence-electron chi connectivity index (χ2n) is 4.88. The predicted molar refractivity (Wildman–Crippen MR) is 81.7 cm³/mol. The van der Waals surface area contributed by atoms with Crippen molar-refractivity contribution in [2.75, 3.05) is 25.6 Å². The number of anilines is 1. The van der Waals surface area contributed by atoms with Crippen LogP contribution in [0.4, 0.5) is 10.5 Å². The van der Waals surface area contributed by atoms with Gasteiger partial charge in [-0.1, -0.05) is 0 Å². The van der Waals surface area contributed by atoms with Gasteiger partial charge in [0.25, 0.3) is 0 Å². The van der Waals surface area contributed by atoms with Crippen molar-refractivity contribution >= 4 is 33.6 Å². The number of benzene rings is 1. The van der Waals surface area contributed by atoms with Crippen molar-refractivity contribution in [1.82, 2.24) is 4.90 Å². The number of carboxylic acid groups (broad SMARTS) is 1. The van der Waals surface area contributed by atoms with E-state index in [1.807, 2.05) is 0 Å². The quantitative estimate of drug-likeness (QED) is 0.872. The number of nitrogens with zero attached hydrogens (tertiary/aromatic N) is 1. The first-order valence-electron chi connectivity index (χ1n) is 6.63. The zero-order valence-electron chi connectivity index (χ0n) is 11.6. The Balaban J connectivity index is 2.05. The molecular weight excluding hydrogens is 340 g/mol. The van der Waals surface area contributed by atoms with Crippen LogP contribution in [0.25, 0.3) is 0 Å². The topological polar surface area (TPSA) is 78.9 Å². The van der Waals surface area contributed by atoms with E-state index in [1.54, 1.807) is 24.1 Å². The fourth-order valence-corrected chi connectivity index (χ4v) is 2.63. The van der Waals surface area contributed by atoms with Crippen molar-refractivity contribution in [1.29, 1.82) is 0 Å². The van der Waals surface area contributed by atoms with E-state index in [0.29, 0.717) is 23.4 Å². The van der Waals surface area contributed by atoms with Gasteiger partial charge in [-0.05, 0) is 47.0 Å². The number of amides is 2. The lowest BCUT2D eigenvalue weighted by Crippen LogP contribution is -2.42. The Bertz CT molecular complexity index is 544. The molecule has 0 atom stereocenters. The van der Waals surface area contributed by atoms with Crippen LogP contribution in [-0.4, -0.2) is 48.3 Å². The van der Waals surface area contributed by atoms with E-state index in [2.05, 4.69) is 21.2 Å². The SMILES string of the molecule is CN(C(=O)Nc1ccc(Br)c(C(=O)O)c1)C1CCOCC1. The molecule has 2 N–H and O–H groups in total. The molecule has 1 aliphatic heterocycles. The number of halogens is 1. The highest BCUT2D eigenvalue weighted by Crippen LogP contribution is 2.22. The molecule has 0 saturated carbocycles. The molecule has 0 aliphatic carbocycles. The largest absolute Gasteiger partial charge is 0.478 e. The van der Waals surface area contributed by atoms with Gasteiger partial charge in [0, 0.05) is 36.5 Å². The zero-order chi connectivity index (χ0) is 15.4. The third-order valence-corrected chi connectivity index (χ3v) is 4.20. The highest BCUT2D eigenvalue weighted by Gasteiger charge is 2.22. The lowest BCUT2D eigenvalue weighted by Gasteiger charge is -2.31. The summed E-state index contributed by atoms with van der Waals surface area (Å²) in [5.41, 5.74) is 0.570. The Morgan fingerprint density at radius 3 is 2.67 bits per heavy atom. The first kappa shape index (κ1) is 15.8. The average molecular weight is 357 g/mol. The summed E-state index contributed by atoms with van der Waals surface area (Å²) in [7, 11) is 1.74. The van der Waals surface area contributed by atoms with Crippen LogP contribution in [0.15, 0.2) is 22.7 Å². The van der Waals surface area contributed by atoms with Crippen LogP contribution < -0.4 is 5.32 Å². The number of hydrogen-bond donors (Lipinski definition) is 2. The highest BCUT2D eigenvalue weighted by atomic mass is 79.9. The van der Waals surface area contributed by atoms with Crippen molar-refractivity contribution in [3.8, 4) is 0 Å². The minimum Gasteiger partial charge on any atom is -0.478 e. The molecule has 1 aliphatic rings. The Morgan fingerprint density at radius 2 is 2.05 bits per heavy atom. The molecule has 0 bridgehead atoms. The van der Waals surface area contributed by atoms with Gasteiger partial charge in [-0.2, -0.15) is 0 Å². The molecule has 7 heteroatoms. The van der Waals surface area contributed by atoms with E-state index in [4.69, 9.17) is 9.84 Å². The Morgan fingerprint density at radius 1 is 1.38 bits per heavy atom. The number of carbonyl (C=O) groups excluding carboxylic acids is 1. The van der Waals surface area contributed by atoms with E-state index in [1.165, 1.54) is 6.07 Å². The number of rotatable bonds is 3. The molecule has 2 rings (SSSR count). The van der Waals surface area contributed by atoms with E-state index in [0.717, 1.165) is 12.8 Å².